The maximum atomic E-state index is 14.6. The molecule has 0 saturated carbocycles. The van der Waals surface area contributed by atoms with Crippen LogP contribution < -0.4 is 0 Å². The molecule has 0 aliphatic rings. The van der Waals surface area contributed by atoms with Crippen LogP contribution in [0.25, 0.3) is 22.0 Å². The van der Waals surface area contributed by atoms with Gasteiger partial charge in [0.1, 0.15) is 5.82 Å². The highest BCUT2D eigenvalue weighted by Crippen LogP contribution is 2.33. The number of non-ortho nitro benzene ring substituents is 1. The molecule has 0 spiro atoms. The van der Waals surface area contributed by atoms with Gasteiger partial charge in [-0.1, -0.05) is 12.1 Å². The SMILES string of the molecule is CCOC(=O)c1cc([N+](=O)[O-])cc(F)c1-c1ccc2cnn(C)c2c1. The molecule has 8 heteroatoms. The predicted molar refractivity (Wildman–Crippen MR) is 88.7 cm³/mol. The van der Waals surface area contributed by atoms with Crippen LogP contribution in [-0.2, 0) is 11.8 Å². The normalized spacial score (nSPS) is 10.8. The first-order valence-electron chi connectivity index (χ1n) is 7.49. The van der Waals surface area contributed by atoms with Crippen molar-refractivity contribution in [2.75, 3.05) is 6.61 Å². The minimum atomic E-state index is -0.862. The lowest BCUT2D eigenvalue weighted by molar-refractivity contribution is -0.385. The zero-order valence-corrected chi connectivity index (χ0v) is 13.5. The smallest absolute Gasteiger partial charge is 0.339 e. The van der Waals surface area contributed by atoms with Crippen LogP contribution in [0.2, 0.25) is 0 Å². The van der Waals surface area contributed by atoms with E-state index in [4.69, 9.17) is 4.74 Å². The molecule has 0 unspecified atom stereocenters. The van der Waals surface area contributed by atoms with E-state index >= 15 is 0 Å². The second-order valence-electron chi connectivity index (χ2n) is 5.37. The van der Waals surface area contributed by atoms with E-state index in [0.717, 1.165) is 23.0 Å². The average Bonchev–Trinajstić information content (AvgIpc) is 2.95. The molecule has 0 N–H and O–H groups in total. The second kappa shape index (κ2) is 6.31. The van der Waals surface area contributed by atoms with Gasteiger partial charge in [-0.3, -0.25) is 14.8 Å². The van der Waals surface area contributed by atoms with Crippen LogP contribution in [-0.4, -0.2) is 27.3 Å². The maximum Gasteiger partial charge on any atom is 0.339 e. The Hall–Kier alpha value is -3.29. The van der Waals surface area contributed by atoms with Gasteiger partial charge in [0.2, 0.25) is 0 Å². The molecule has 0 fully saturated rings. The summed E-state index contributed by atoms with van der Waals surface area (Å²) in [6, 6.07) is 6.88. The molecule has 25 heavy (non-hydrogen) atoms. The molecule has 7 nitrogen and oxygen atoms in total. The topological polar surface area (TPSA) is 87.3 Å². The van der Waals surface area contributed by atoms with E-state index in [1.165, 1.54) is 0 Å². The van der Waals surface area contributed by atoms with Gasteiger partial charge in [-0.15, -0.1) is 0 Å². The van der Waals surface area contributed by atoms with Crippen LogP contribution in [0.5, 0.6) is 0 Å². The van der Waals surface area contributed by atoms with E-state index in [1.54, 1.807) is 43.0 Å². The van der Waals surface area contributed by atoms with Crippen LogP contribution >= 0.6 is 0 Å². The van der Waals surface area contributed by atoms with Crippen LogP contribution in [0.4, 0.5) is 10.1 Å². The zero-order valence-electron chi connectivity index (χ0n) is 13.5. The van der Waals surface area contributed by atoms with Gasteiger partial charge in [0, 0.05) is 24.1 Å². The van der Waals surface area contributed by atoms with Crippen LogP contribution in [0.3, 0.4) is 0 Å². The summed E-state index contributed by atoms with van der Waals surface area (Å²) in [4.78, 5) is 22.5. The first kappa shape index (κ1) is 16.6. The number of esters is 1. The number of nitro groups is 1. The van der Waals surface area contributed by atoms with Gasteiger partial charge in [-0.2, -0.15) is 5.10 Å². The number of nitro benzene ring substituents is 1. The molecule has 0 bridgehead atoms. The number of hydrogen-bond donors (Lipinski definition) is 0. The molecule has 1 heterocycles. The number of aryl methyl sites for hydroxylation is 1. The molecular weight excluding hydrogens is 329 g/mol. The van der Waals surface area contributed by atoms with Gasteiger partial charge in [-0.05, 0) is 18.6 Å². The van der Waals surface area contributed by atoms with Gasteiger partial charge >= 0.3 is 5.97 Å². The number of nitrogens with zero attached hydrogens (tertiary/aromatic N) is 3. The number of halogens is 1. The third-order valence-corrected chi connectivity index (χ3v) is 3.82. The molecule has 2 aromatic carbocycles. The maximum absolute atomic E-state index is 14.6. The monoisotopic (exact) mass is 343 g/mol. The van der Waals surface area contributed by atoms with Crippen molar-refractivity contribution in [3.05, 3.63) is 58.0 Å². The molecule has 0 radical (unpaired) electrons. The highest BCUT2D eigenvalue weighted by atomic mass is 19.1. The Kier molecular flexibility index (Phi) is 4.18. The van der Waals surface area contributed by atoms with Crippen LogP contribution in [0.1, 0.15) is 17.3 Å². The Morgan fingerprint density at radius 2 is 2.12 bits per heavy atom. The molecule has 128 valence electrons. The van der Waals surface area contributed by atoms with Crippen molar-refractivity contribution in [2.24, 2.45) is 7.05 Å². The summed E-state index contributed by atoms with van der Waals surface area (Å²) < 4.78 is 21.2. The fourth-order valence-corrected chi connectivity index (χ4v) is 2.66. The summed E-state index contributed by atoms with van der Waals surface area (Å²) in [6.07, 6.45) is 1.66. The van der Waals surface area contributed by atoms with E-state index in [9.17, 15) is 19.3 Å². The number of benzene rings is 2. The Morgan fingerprint density at radius 1 is 1.36 bits per heavy atom. The summed E-state index contributed by atoms with van der Waals surface area (Å²) in [5, 5.41) is 16.0. The van der Waals surface area contributed by atoms with E-state index in [0.29, 0.717) is 5.56 Å². The fraction of sp³-hybridized carbons (Fsp3) is 0.176. The molecule has 0 aliphatic carbocycles. The summed E-state index contributed by atoms with van der Waals surface area (Å²) in [7, 11) is 1.74. The number of rotatable bonds is 4. The molecule has 3 rings (SSSR count). The molecule has 0 amide bonds. The first-order valence-corrected chi connectivity index (χ1v) is 7.49. The van der Waals surface area contributed by atoms with Gasteiger partial charge in [0.15, 0.2) is 0 Å². The number of carbonyl (C=O) groups excluding carboxylic acids is 1. The third kappa shape index (κ3) is 2.93. The van der Waals surface area contributed by atoms with Crippen molar-refractivity contribution in [1.29, 1.82) is 0 Å². The molecule has 0 atom stereocenters. The van der Waals surface area contributed by atoms with E-state index in [-0.39, 0.29) is 17.7 Å². The molecular formula is C17H14FN3O4. The lowest BCUT2D eigenvalue weighted by atomic mass is 9.97. The molecule has 0 saturated heterocycles. The van der Waals surface area contributed by atoms with Crippen molar-refractivity contribution in [1.82, 2.24) is 9.78 Å². The zero-order chi connectivity index (χ0) is 18.1. The van der Waals surface area contributed by atoms with Crippen molar-refractivity contribution in [3.63, 3.8) is 0 Å². The van der Waals surface area contributed by atoms with Gasteiger partial charge in [0.25, 0.3) is 5.69 Å². The Bertz CT molecular complexity index is 997. The van der Waals surface area contributed by atoms with E-state index in [2.05, 4.69) is 5.10 Å². The number of fused-ring (bicyclic) bond motifs is 1. The standard InChI is InChI=1S/C17H14FN3O4/c1-3-25-17(22)13-7-12(21(23)24)8-14(18)16(13)10-4-5-11-9-19-20(2)15(11)6-10/h4-9H,3H2,1-2H3. The molecule has 1 aromatic heterocycles. The van der Waals surface area contributed by atoms with Crippen molar-refractivity contribution in [3.8, 4) is 11.1 Å². The highest BCUT2D eigenvalue weighted by molar-refractivity contribution is 5.99. The minimum Gasteiger partial charge on any atom is -0.462 e. The number of carbonyl (C=O) groups is 1. The quantitative estimate of drug-likeness (QED) is 0.411. The summed E-state index contributed by atoms with van der Waals surface area (Å²) in [5.41, 5.74) is 0.421. The van der Waals surface area contributed by atoms with E-state index < -0.39 is 22.4 Å². The number of hydrogen-bond acceptors (Lipinski definition) is 5. The van der Waals surface area contributed by atoms with Crippen LogP contribution in [0, 0.1) is 15.9 Å². The second-order valence-corrected chi connectivity index (χ2v) is 5.37. The average molecular weight is 343 g/mol. The largest absolute Gasteiger partial charge is 0.462 e. The lowest BCUT2D eigenvalue weighted by Crippen LogP contribution is -2.09. The molecule has 0 aliphatic heterocycles. The number of aromatic nitrogens is 2. The van der Waals surface area contributed by atoms with E-state index in [1.807, 2.05) is 0 Å². The summed E-state index contributed by atoms with van der Waals surface area (Å²) >= 11 is 0. The fourth-order valence-electron chi connectivity index (χ4n) is 2.66. The predicted octanol–water partition coefficient (Wildman–Crippen LogP) is 3.46. The van der Waals surface area contributed by atoms with Crippen molar-refractivity contribution < 1.29 is 18.8 Å². The highest BCUT2D eigenvalue weighted by Gasteiger charge is 2.23. The minimum absolute atomic E-state index is 0.0350. The lowest BCUT2D eigenvalue weighted by Gasteiger charge is -2.11. The van der Waals surface area contributed by atoms with Crippen molar-refractivity contribution >= 4 is 22.6 Å². The summed E-state index contributed by atoms with van der Waals surface area (Å²) in [5.74, 6) is -1.68. The Labute approximate surface area is 141 Å². The third-order valence-electron chi connectivity index (χ3n) is 3.82. The first-order chi connectivity index (χ1) is 11.9. The summed E-state index contributed by atoms with van der Waals surface area (Å²) in [6.45, 7) is 1.68. The van der Waals surface area contributed by atoms with Crippen LogP contribution in [0.15, 0.2) is 36.5 Å². The Balaban J connectivity index is 2.26. The number of ether oxygens (including phenoxy) is 1. The molecule has 3 aromatic rings. The Morgan fingerprint density at radius 3 is 2.80 bits per heavy atom. The van der Waals surface area contributed by atoms with Gasteiger partial charge in [-0.25, -0.2) is 9.18 Å². The van der Waals surface area contributed by atoms with Gasteiger partial charge in [0.05, 0.1) is 34.9 Å². The van der Waals surface area contributed by atoms with Crippen molar-refractivity contribution in [2.45, 2.75) is 6.92 Å². The van der Waals surface area contributed by atoms with Gasteiger partial charge < -0.3 is 4.74 Å².